The van der Waals surface area contributed by atoms with E-state index in [1.54, 1.807) is 6.26 Å². The van der Waals surface area contributed by atoms with Crippen LogP contribution in [0, 0.1) is 11.8 Å². The van der Waals surface area contributed by atoms with Crippen molar-refractivity contribution in [1.29, 1.82) is 0 Å². The molecule has 0 spiro atoms. The lowest BCUT2D eigenvalue weighted by atomic mass is 9.85. The van der Waals surface area contributed by atoms with E-state index in [1.807, 2.05) is 19.1 Å². The molecule has 4 nitrogen and oxygen atoms in total. The third-order valence-corrected chi connectivity index (χ3v) is 3.99. The molecule has 0 saturated carbocycles. The first-order valence-corrected chi connectivity index (χ1v) is 7.20. The largest absolute Gasteiger partial charge is 0.467 e. The quantitative estimate of drug-likeness (QED) is 0.859. The molecule has 0 aromatic carbocycles. The Morgan fingerprint density at radius 2 is 2.42 bits per heavy atom. The summed E-state index contributed by atoms with van der Waals surface area (Å²) in [6.07, 6.45) is 4.68. The Morgan fingerprint density at radius 3 is 3.05 bits per heavy atom. The average molecular weight is 264 g/mol. The first-order chi connectivity index (χ1) is 9.16. The highest BCUT2D eigenvalue weighted by Crippen LogP contribution is 2.23. The van der Waals surface area contributed by atoms with Gasteiger partial charge >= 0.3 is 0 Å². The Kier molecular flexibility index (Phi) is 5.02. The molecule has 1 aliphatic heterocycles. The van der Waals surface area contributed by atoms with E-state index in [1.165, 1.54) is 12.8 Å². The van der Waals surface area contributed by atoms with E-state index in [-0.39, 0.29) is 11.9 Å². The zero-order valence-electron chi connectivity index (χ0n) is 11.8. The third-order valence-electron chi connectivity index (χ3n) is 3.99. The monoisotopic (exact) mass is 264 g/mol. The Hall–Kier alpha value is -1.29. The van der Waals surface area contributed by atoms with Gasteiger partial charge in [0.15, 0.2) is 0 Å². The van der Waals surface area contributed by atoms with Crippen LogP contribution in [0.25, 0.3) is 0 Å². The van der Waals surface area contributed by atoms with Crippen LogP contribution in [0.4, 0.5) is 0 Å². The smallest absolute Gasteiger partial charge is 0.220 e. The van der Waals surface area contributed by atoms with Crippen LogP contribution in [0.15, 0.2) is 22.8 Å². The van der Waals surface area contributed by atoms with Gasteiger partial charge in [0.1, 0.15) is 5.76 Å². The normalized spacial score (nSPS) is 22.7. The SMILES string of the molecule is CC(NC(=O)CC(C)C1CCCNC1)c1ccco1. The summed E-state index contributed by atoms with van der Waals surface area (Å²) in [5.41, 5.74) is 0. The summed E-state index contributed by atoms with van der Waals surface area (Å²) in [6.45, 7) is 6.28. The van der Waals surface area contributed by atoms with Gasteiger partial charge in [0.2, 0.25) is 5.91 Å². The van der Waals surface area contributed by atoms with Crippen molar-refractivity contribution >= 4 is 5.91 Å². The molecule has 0 aliphatic carbocycles. The molecule has 1 aliphatic rings. The van der Waals surface area contributed by atoms with Crippen LogP contribution in [0.3, 0.4) is 0 Å². The van der Waals surface area contributed by atoms with E-state index in [9.17, 15) is 4.79 Å². The van der Waals surface area contributed by atoms with Gasteiger partial charge in [-0.25, -0.2) is 0 Å². The molecule has 4 heteroatoms. The average Bonchev–Trinajstić information content (AvgIpc) is 2.93. The number of rotatable bonds is 5. The molecular weight excluding hydrogens is 240 g/mol. The zero-order chi connectivity index (χ0) is 13.7. The number of hydrogen-bond acceptors (Lipinski definition) is 3. The fraction of sp³-hybridized carbons (Fsp3) is 0.667. The fourth-order valence-electron chi connectivity index (χ4n) is 2.73. The van der Waals surface area contributed by atoms with E-state index in [4.69, 9.17) is 4.42 Å². The van der Waals surface area contributed by atoms with Gasteiger partial charge in [0, 0.05) is 6.42 Å². The van der Waals surface area contributed by atoms with Gasteiger partial charge in [0.05, 0.1) is 12.3 Å². The molecular formula is C15H24N2O2. The maximum atomic E-state index is 12.0. The summed E-state index contributed by atoms with van der Waals surface area (Å²) in [6, 6.07) is 3.67. The number of amides is 1. The topological polar surface area (TPSA) is 54.3 Å². The number of furan rings is 1. The maximum absolute atomic E-state index is 12.0. The van der Waals surface area contributed by atoms with Crippen LogP contribution in [-0.4, -0.2) is 19.0 Å². The first kappa shape index (κ1) is 14.1. The second kappa shape index (κ2) is 6.75. The number of hydrogen-bond donors (Lipinski definition) is 2. The lowest BCUT2D eigenvalue weighted by Gasteiger charge is -2.28. The molecule has 2 rings (SSSR count). The van der Waals surface area contributed by atoms with Crippen LogP contribution in [0.1, 0.15) is 44.9 Å². The van der Waals surface area contributed by atoms with Crippen LogP contribution >= 0.6 is 0 Å². The molecule has 3 unspecified atom stereocenters. The van der Waals surface area contributed by atoms with Crippen molar-refractivity contribution < 1.29 is 9.21 Å². The summed E-state index contributed by atoms with van der Waals surface area (Å²) >= 11 is 0. The second-order valence-corrected chi connectivity index (χ2v) is 5.59. The van der Waals surface area contributed by atoms with E-state index in [2.05, 4.69) is 17.6 Å². The Morgan fingerprint density at radius 1 is 1.58 bits per heavy atom. The maximum Gasteiger partial charge on any atom is 0.220 e. The first-order valence-electron chi connectivity index (χ1n) is 7.20. The minimum atomic E-state index is -0.0563. The summed E-state index contributed by atoms with van der Waals surface area (Å²) in [7, 11) is 0. The third kappa shape index (κ3) is 4.10. The van der Waals surface area contributed by atoms with Gasteiger partial charge in [0.25, 0.3) is 0 Å². The van der Waals surface area contributed by atoms with Crippen LogP contribution < -0.4 is 10.6 Å². The Balaban J connectivity index is 1.77. The molecule has 0 bridgehead atoms. The highest BCUT2D eigenvalue weighted by atomic mass is 16.3. The fourth-order valence-corrected chi connectivity index (χ4v) is 2.73. The van der Waals surface area contributed by atoms with E-state index < -0.39 is 0 Å². The van der Waals surface area contributed by atoms with Crippen molar-refractivity contribution in [3.63, 3.8) is 0 Å². The molecule has 1 fully saturated rings. The molecule has 1 saturated heterocycles. The molecule has 1 aromatic rings. The zero-order valence-corrected chi connectivity index (χ0v) is 11.8. The van der Waals surface area contributed by atoms with E-state index in [0.717, 1.165) is 18.8 Å². The van der Waals surface area contributed by atoms with Gasteiger partial charge in [-0.3, -0.25) is 4.79 Å². The lowest BCUT2D eigenvalue weighted by molar-refractivity contribution is -0.123. The van der Waals surface area contributed by atoms with E-state index in [0.29, 0.717) is 18.3 Å². The molecule has 106 valence electrons. The van der Waals surface area contributed by atoms with Gasteiger partial charge in [-0.2, -0.15) is 0 Å². The highest BCUT2D eigenvalue weighted by Gasteiger charge is 2.22. The summed E-state index contributed by atoms with van der Waals surface area (Å²) < 4.78 is 5.29. The summed E-state index contributed by atoms with van der Waals surface area (Å²) in [5, 5.41) is 6.40. The molecule has 19 heavy (non-hydrogen) atoms. The molecule has 1 aromatic heterocycles. The van der Waals surface area contributed by atoms with Gasteiger partial charge in [-0.05, 0) is 56.8 Å². The van der Waals surface area contributed by atoms with Crippen LogP contribution in [0.2, 0.25) is 0 Å². The molecule has 2 N–H and O–H groups in total. The van der Waals surface area contributed by atoms with Crippen molar-refractivity contribution in [1.82, 2.24) is 10.6 Å². The molecule has 3 atom stereocenters. The highest BCUT2D eigenvalue weighted by molar-refractivity contribution is 5.76. The lowest BCUT2D eigenvalue weighted by Crippen LogP contribution is -2.36. The van der Waals surface area contributed by atoms with Crippen molar-refractivity contribution in [2.24, 2.45) is 11.8 Å². The molecule has 2 heterocycles. The van der Waals surface area contributed by atoms with Gasteiger partial charge in [-0.1, -0.05) is 6.92 Å². The van der Waals surface area contributed by atoms with E-state index >= 15 is 0 Å². The number of carbonyl (C=O) groups excluding carboxylic acids is 1. The number of piperidine rings is 1. The Bertz CT molecular complexity index is 383. The predicted octanol–water partition coefficient (Wildman–Crippen LogP) is 2.48. The van der Waals surface area contributed by atoms with Crippen LogP contribution in [-0.2, 0) is 4.79 Å². The minimum absolute atomic E-state index is 0.0563. The number of carbonyl (C=O) groups is 1. The van der Waals surface area contributed by atoms with Crippen LogP contribution in [0.5, 0.6) is 0 Å². The van der Waals surface area contributed by atoms with Crippen molar-refractivity contribution in [2.75, 3.05) is 13.1 Å². The predicted molar refractivity (Wildman–Crippen MR) is 74.6 cm³/mol. The molecule has 1 amide bonds. The van der Waals surface area contributed by atoms with Crippen molar-refractivity contribution in [3.05, 3.63) is 24.2 Å². The van der Waals surface area contributed by atoms with Crippen molar-refractivity contribution in [3.8, 4) is 0 Å². The standard InChI is InChI=1S/C15H24N2O2/c1-11(13-5-3-7-16-10-13)9-15(18)17-12(2)14-6-4-8-19-14/h4,6,8,11-13,16H,3,5,7,9-10H2,1-2H3,(H,17,18). The van der Waals surface area contributed by atoms with Gasteiger partial charge in [-0.15, -0.1) is 0 Å². The minimum Gasteiger partial charge on any atom is -0.467 e. The molecule has 0 radical (unpaired) electrons. The number of nitrogens with one attached hydrogen (secondary N) is 2. The second-order valence-electron chi connectivity index (χ2n) is 5.59. The summed E-state index contributed by atoms with van der Waals surface area (Å²) in [4.78, 5) is 12.0. The summed E-state index contributed by atoms with van der Waals surface area (Å²) in [5.74, 6) is 1.97. The Labute approximate surface area is 114 Å². The van der Waals surface area contributed by atoms with Crippen molar-refractivity contribution in [2.45, 2.75) is 39.2 Å². The van der Waals surface area contributed by atoms with Gasteiger partial charge < -0.3 is 15.1 Å².